The monoisotopic (exact) mass is 543 g/mol. The van der Waals surface area contributed by atoms with Gasteiger partial charge in [-0.3, -0.25) is 4.79 Å². The van der Waals surface area contributed by atoms with Crippen molar-refractivity contribution < 1.29 is 18.0 Å². The van der Waals surface area contributed by atoms with Crippen LogP contribution in [0.4, 0.5) is 36.6 Å². The molecule has 0 radical (unpaired) electrons. The number of fused-ring (bicyclic) bond motifs is 1. The maximum atomic E-state index is 13.8. The normalized spacial score (nSPS) is 18.8. The molecule has 2 aliphatic heterocycles. The fourth-order valence-corrected chi connectivity index (χ4v) is 5.10. The molecule has 208 valence electrons. The molecule has 3 aromatic rings. The van der Waals surface area contributed by atoms with Gasteiger partial charge in [-0.05, 0) is 44.2 Å². The van der Waals surface area contributed by atoms with Crippen molar-refractivity contribution in [2.24, 2.45) is 7.05 Å². The number of benzene rings is 1. The maximum Gasteiger partial charge on any atom is 0.421 e. The van der Waals surface area contributed by atoms with E-state index < -0.39 is 11.7 Å². The van der Waals surface area contributed by atoms with Crippen LogP contribution >= 0.6 is 0 Å². The number of alkyl halides is 3. The average molecular weight is 544 g/mol. The highest BCUT2D eigenvalue weighted by atomic mass is 19.4. The van der Waals surface area contributed by atoms with E-state index in [1.54, 1.807) is 4.90 Å². The molecule has 13 heteroatoms. The number of carbonyl (C=O) groups is 1. The first kappa shape index (κ1) is 26.7. The number of amides is 1. The molecule has 10 nitrogen and oxygen atoms in total. The van der Waals surface area contributed by atoms with Gasteiger partial charge < -0.3 is 29.9 Å². The Balaban J connectivity index is 1.34. The lowest BCUT2D eigenvalue weighted by atomic mass is 10.1. The topological polar surface area (TPSA) is 94.4 Å². The number of piperazine rings is 1. The van der Waals surface area contributed by atoms with Crippen LogP contribution < -0.4 is 20.4 Å². The molecule has 4 heterocycles. The third-order valence-electron chi connectivity index (χ3n) is 7.22. The molecule has 2 fully saturated rings. The second kappa shape index (κ2) is 10.7. The summed E-state index contributed by atoms with van der Waals surface area (Å²) in [6, 6.07) is 5.46. The number of nitrogens with zero attached hydrogens (tertiary/aromatic N) is 7. The molecule has 0 aliphatic carbocycles. The molecule has 1 atom stereocenters. The van der Waals surface area contributed by atoms with E-state index in [0.29, 0.717) is 38.4 Å². The molecule has 2 aliphatic rings. The fraction of sp³-hybridized carbons (Fsp3) is 0.462. The number of aryl methyl sites for hydroxylation is 1. The molecular weight excluding hydrogens is 511 g/mol. The Morgan fingerprint density at radius 3 is 2.59 bits per heavy atom. The van der Waals surface area contributed by atoms with Crippen molar-refractivity contribution in [3.05, 3.63) is 42.6 Å². The molecule has 0 spiro atoms. The number of likely N-dealkylation sites (N-methyl/N-ethyl adjacent to an activating group) is 1. The smallest absolute Gasteiger partial charge is 0.353 e. The SMILES string of the molecule is C=CC(=O)Nc1ccc2c(c1)nc(N1CCC[C@@H](Nc3ncc(C(F)(F)F)c(N4CCN(C)CC4)n3)C1)n2C. The number of hydrogen-bond donors (Lipinski definition) is 2. The first-order chi connectivity index (χ1) is 18.6. The Morgan fingerprint density at radius 2 is 1.87 bits per heavy atom. The number of aromatic nitrogens is 4. The van der Waals surface area contributed by atoms with Crippen LogP contribution in [0, 0.1) is 0 Å². The molecule has 0 unspecified atom stereocenters. The summed E-state index contributed by atoms with van der Waals surface area (Å²) in [5, 5.41) is 6.03. The van der Waals surface area contributed by atoms with Crippen molar-refractivity contribution in [1.82, 2.24) is 24.4 Å². The standard InChI is InChI=1S/C26H32F3N9O/c1-4-22(39)31-17-7-8-21-20(14-17)33-25(36(21)3)38-9-5-6-18(16-38)32-24-30-15-19(26(27,28)29)23(34-24)37-12-10-35(2)11-13-37/h4,7-8,14-15,18H,1,5-6,9-13,16H2,2-3H3,(H,31,39)(H,30,32,34)/t18-/m1/s1. The van der Waals surface area contributed by atoms with E-state index in [-0.39, 0.29) is 23.7 Å². The van der Waals surface area contributed by atoms with E-state index in [2.05, 4.69) is 37.0 Å². The van der Waals surface area contributed by atoms with E-state index in [1.165, 1.54) is 6.08 Å². The zero-order valence-corrected chi connectivity index (χ0v) is 22.0. The summed E-state index contributed by atoms with van der Waals surface area (Å²) >= 11 is 0. The van der Waals surface area contributed by atoms with Gasteiger partial charge in [0.15, 0.2) is 0 Å². The molecule has 5 rings (SSSR count). The number of nitrogens with one attached hydrogen (secondary N) is 2. The average Bonchev–Trinajstić information content (AvgIpc) is 3.24. The Labute approximate surface area is 224 Å². The van der Waals surface area contributed by atoms with E-state index in [4.69, 9.17) is 4.98 Å². The summed E-state index contributed by atoms with van der Waals surface area (Å²) in [6.45, 7) is 7.13. The van der Waals surface area contributed by atoms with Gasteiger partial charge in [0, 0.05) is 64.2 Å². The first-order valence-electron chi connectivity index (χ1n) is 12.9. The number of imidazole rings is 1. The van der Waals surface area contributed by atoms with Crippen molar-refractivity contribution in [1.29, 1.82) is 0 Å². The largest absolute Gasteiger partial charge is 0.421 e. The van der Waals surface area contributed by atoms with E-state index >= 15 is 0 Å². The minimum absolute atomic E-state index is 0.0712. The van der Waals surface area contributed by atoms with Crippen LogP contribution in [0.25, 0.3) is 11.0 Å². The van der Waals surface area contributed by atoms with E-state index in [9.17, 15) is 18.0 Å². The first-order valence-corrected chi connectivity index (χ1v) is 12.9. The number of hydrogen-bond acceptors (Lipinski definition) is 8. The van der Waals surface area contributed by atoms with Crippen LogP contribution in [-0.2, 0) is 18.0 Å². The minimum Gasteiger partial charge on any atom is -0.353 e. The van der Waals surface area contributed by atoms with Crippen LogP contribution in [0.15, 0.2) is 37.1 Å². The zero-order chi connectivity index (χ0) is 27.7. The molecule has 0 bridgehead atoms. The highest BCUT2D eigenvalue weighted by molar-refractivity contribution is 6.00. The lowest BCUT2D eigenvalue weighted by molar-refractivity contribution is -0.137. The summed E-state index contributed by atoms with van der Waals surface area (Å²) in [5.74, 6) is 0.596. The number of anilines is 4. The minimum atomic E-state index is -4.53. The van der Waals surface area contributed by atoms with Gasteiger partial charge in [-0.15, -0.1) is 0 Å². The van der Waals surface area contributed by atoms with Gasteiger partial charge in [0.1, 0.15) is 11.4 Å². The number of halogens is 3. The molecule has 2 aromatic heterocycles. The van der Waals surface area contributed by atoms with E-state index in [1.807, 2.05) is 36.9 Å². The van der Waals surface area contributed by atoms with Crippen LogP contribution in [-0.4, -0.2) is 82.7 Å². The number of piperidine rings is 1. The van der Waals surface area contributed by atoms with Gasteiger partial charge in [-0.2, -0.15) is 18.2 Å². The molecule has 2 N–H and O–H groups in total. The van der Waals surface area contributed by atoms with Gasteiger partial charge >= 0.3 is 6.18 Å². The van der Waals surface area contributed by atoms with Crippen molar-refractivity contribution >= 4 is 40.3 Å². The van der Waals surface area contributed by atoms with Gasteiger partial charge in [-0.25, -0.2) is 9.97 Å². The summed E-state index contributed by atoms with van der Waals surface area (Å²) in [5.41, 5.74) is 1.48. The Morgan fingerprint density at radius 1 is 1.10 bits per heavy atom. The third-order valence-corrected chi connectivity index (χ3v) is 7.22. The Bertz CT molecular complexity index is 1360. The van der Waals surface area contributed by atoms with Crippen molar-refractivity contribution in [2.45, 2.75) is 25.1 Å². The van der Waals surface area contributed by atoms with Crippen LogP contribution in [0.5, 0.6) is 0 Å². The van der Waals surface area contributed by atoms with Crippen LogP contribution in [0.2, 0.25) is 0 Å². The Hall–Kier alpha value is -3.87. The van der Waals surface area contributed by atoms with Crippen LogP contribution in [0.1, 0.15) is 18.4 Å². The van der Waals surface area contributed by atoms with Gasteiger partial charge in [0.25, 0.3) is 0 Å². The third kappa shape index (κ3) is 5.77. The quantitative estimate of drug-likeness (QED) is 0.458. The summed E-state index contributed by atoms with van der Waals surface area (Å²) in [7, 11) is 3.89. The molecule has 39 heavy (non-hydrogen) atoms. The summed E-state index contributed by atoms with van der Waals surface area (Å²) < 4.78 is 43.3. The number of carbonyl (C=O) groups excluding carboxylic acids is 1. The van der Waals surface area contributed by atoms with Crippen molar-refractivity contribution in [2.75, 3.05) is 66.7 Å². The van der Waals surface area contributed by atoms with Gasteiger partial charge in [0.2, 0.25) is 17.8 Å². The predicted octanol–water partition coefficient (Wildman–Crippen LogP) is 3.34. The second-order valence-electron chi connectivity index (χ2n) is 10.0. The summed E-state index contributed by atoms with van der Waals surface area (Å²) in [6.07, 6.45) is -0.742. The molecule has 2 saturated heterocycles. The highest BCUT2D eigenvalue weighted by Crippen LogP contribution is 2.36. The number of rotatable bonds is 6. The fourth-order valence-electron chi connectivity index (χ4n) is 5.10. The van der Waals surface area contributed by atoms with E-state index in [0.717, 1.165) is 42.6 Å². The van der Waals surface area contributed by atoms with Gasteiger partial charge in [-0.1, -0.05) is 6.58 Å². The lowest BCUT2D eigenvalue weighted by Gasteiger charge is -2.35. The molecule has 1 aromatic carbocycles. The van der Waals surface area contributed by atoms with Crippen molar-refractivity contribution in [3.63, 3.8) is 0 Å². The second-order valence-corrected chi connectivity index (χ2v) is 10.0. The highest BCUT2D eigenvalue weighted by Gasteiger charge is 2.37. The summed E-state index contributed by atoms with van der Waals surface area (Å²) in [4.78, 5) is 30.8. The van der Waals surface area contributed by atoms with Crippen molar-refractivity contribution in [3.8, 4) is 0 Å². The zero-order valence-electron chi connectivity index (χ0n) is 22.0. The predicted molar refractivity (Wildman–Crippen MR) is 145 cm³/mol. The molecule has 1 amide bonds. The molecule has 0 saturated carbocycles. The lowest BCUT2D eigenvalue weighted by Crippen LogP contribution is -2.46. The maximum absolute atomic E-state index is 13.8. The van der Waals surface area contributed by atoms with Gasteiger partial charge in [0.05, 0.1) is 11.0 Å². The van der Waals surface area contributed by atoms with Crippen LogP contribution in [0.3, 0.4) is 0 Å². The Kier molecular flexibility index (Phi) is 7.34. The molecular formula is C26H32F3N9O.